The van der Waals surface area contributed by atoms with Gasteiger partial charge in [-0.15, -0.1) is 0 Å². The van der Waals surface area contributed by atoms with Gasteiger partial charge in [0.1, 0.15) is 0 Å². The molecule has 3 rings (SSSR count). The van der Waals surface area contributed by atoms with Crippen molar-refractivity contribution in [2.45, 2.75) is 83.2 Å². The zero-order chi connectivity index (χ0) is 17.7. The van der Waals surface area contributed by atoms with Gasteiger partial charge < -0.3 is 9.47 Å². The summed E-state index contributed by atoms with van der Waals surface area (Å²) in [7, 11) is 0. The molecule has 2 aliphatic heterocycles. The van der Waals surface area contributed by atoms with E-state index in [1.165, 1.54) is 61.2 Å². The minimum Gasteiger partial charge on any atom is -0.461 e. The maximum absolute atomic E-state index is 6.23. The van der Waals surface area contributed by atoms with E-state index in [9.17, 15) is 0 Å². The zero-order valence-electron chi connectivity index (χ0n) is 15.9. The molecule has 0 fully saturated rings. The summed E-state index contributed by atoms with van der Waals surface area (Å²) in [5, 5.41) is 0. The number of pyridine rings is 1. The number of thioether (sulfide) groups is 2. The highest BCUT2D eigenvalue weighted by molar-refractivity contribution is 7.98. The second kappa shape index (κ2) is 9.01. The molecule has 0 saturated heterocycles. The number of aromatic nitrogens is 1. The fraction of sp³-hybridized carbons (Fsp3) is 0.750. The van der Waals surface area contributed by atoms with Gasteiger partial charge in [-0.3, -0.25) is 4.98 Å². The first kappa shape index (κ1) is 19.4. The Hall–Kier alpha value is -0.390. The van der Waals surface area contributed by atoms with E-state index < -0.39 is 5.79 Å². The summed E-state index contributed by atoms with van der Waals surface area (Å²) in [4.78, 5) is 4.95. The SMILES string of the molecule is Cc1nc2c3c(c1CSCCCCCCCCSC2)COC(C)(C)O3. The van der Waals surface area contributed by atoms with Crippen molar-refractivity contribution in [1.29, 1.82) is 0 Å². The Bertz CT molecular complexity index is 590. The van der Waals surface area contributed by atoms with Crippen LogP contribution in [0, 0.1) is 6.92 Å². The second-order valence-electron chi connectivity index (χ2n) is 7.45. The summed E-state index contributed by atoms with van der Waals surface area (Å²) >= 11 is 4.02. The Morgan fingerprint density at radius 1 is 0.880 bits per heavy atom. The maximum Gasteiger partial charge on any atom is 0.205 e. The topological polar surface area (TPSA) is 31.4 Å². The van der Waals surface area contributed by atoms with Crippen molar-refractivity contribution in [1.82, 2.24) is 4.98 Å². The Morgan fingerprint density at radius 3 is 2.24 bits per heavy atom. The van der Waals surface area contributed by atoms with Crippen LogP contribution in [0.25, 0.3) is 0 Å². The van der Waals surface area contributed by atoms with Crippen LogP contribution in [0.1, 0.15) is 74.9 Å². The number of nitrogens with zero attached hydrogens (tertiary/aromatic N) is 1. The normalized spacial score (nSPS) is 22.2. The molecule has 1 aromatic rings. The quantitative estimate of drug-likeness (QED) is 0.562. The number of hydrogen-bond acceptors (Lipinski definition) is 5. The van der Waals surface area contributed by atoms with Crippen molar-refractivity contribution in [3.63, 3.8) is 0 Å². The van der Waals surface area contributed by atoms with Crippen LogP contribution in [-0.2, 0) is 22.8 Å². The second-order valence-corrected chi connectivity index (χ2v) is 9.66. The summed E-state index contributed by atoms with van der Waals surface area (Å²) in [6.07, 6.45) is 8.16. The van der Waals surface area contributed by atoms with Gasteiger partial charge in [0.15, 0.2) is 5.75 Å². The average molecular weight is 382 g/mol. The van der Waals surface area contributed by atoms with Crippen LogP contribution in [0.3, 0.4) is 0 Å². The molecule has 0 atom stereocenters. The molecular weight excluding hydrogens is 350 g/mol. The summed E-state index contributed by atoms with van der Waals surface area (Å²) < 4.78 is 12.2. The first-order valence-electron chi connectivity index (χ1n) is 9.56. The smallest absolute Gasteiger partial charge is 0.205 e. The molecule has 0 amide bonds. The molecule has 0 aliphatic carbocycles. The first-order valence-corrected chi connectivity index (χ1v) is 11.9. The van der Waals surface area contributed by atoms with E-state index in [4.69, 9.17) is 14.5 Å². The van der Waals surface area contributed by atoms with Crippen molar-refractivity contribution < 1.29 is 9.47 Å². The standard InChI is InChI=1S/C20H31NO2S2/c1-15-17-13-24-10-8-6-4-5-7-9-11-25-14-18(21-15)19-16(17)12-22-20(2,3)23-19/h4-14H2,1-3H3. The lowest BCUT2D eigenvalue weighted by atomic mass is 10.0. The van der Waals surface area contributed by atoms with E-state index in [2.05, 4.69) is 6.92 Å². The van der Waals surface area contributed by atoms with Gasteiger partial charge in [-0.05, 0) is 36.8 Å². The van der Waals surface area contributed by atoms with Crippen LogP contribution in [-0.4, -0.2) is 22.3 Å². The third kappa shape index (κ3) is 5.30. The number of hydrogen-bond donors (Lipinski definition) is 0. The number of rotatable bonds is 0. The summed E-state index contributed by atoms with van der Waals surface area (Å²) in [6, 6.07) is 0. The Labute approximate surface area is 161 Å². The molecule has 0 radical (unpaired) electrons. The van der Waals surface area contributed by atoms with Gasteiger partial charge in [0.25, 0.3) is 0 Å². The number of aryl methyl sites for hydroxylation is 1. The van der Waals surface area contributed by atoms with Gasteiger partial charge in [-0.25, -0.2) is 0 Å². The highest BCUT2D eigenvalue weighted by Gasteiger charge is 2.32. The van der Waals surface area contributed by atoms with Gasteiger partial charge in [-0.1, -0.05) is 25.7 Å². The molecule has 0 N–H and O–H groups in total. The van der Waals surface area contributed by atoms with Crippen molar-refractivity contribution in [3.8, 4) is 5.75 Å². The molecule has 0 spiro atoms. The average Bonchev–Trinajstić information content (AvgIpc) is 2.56. The Balaban J connectivity index is 1.87. The van der Waals surface area contributed by atoms with Crippen LogP contribution in [0.15, 0.2) is 0 Å². The van der Waals surface area contributed by atoms with Crippen molar-refractivity contribution >= 4 is 23.5 Å². The molecule has 2 bridgehead atoms. The van der Waals surface area contributed by atoms with Crippen LogP contribution in [0.5, 0.6) is 5.75 Å². The van der Waals surface area contributed by atoms with E-state index in [1.54, 1.807) is 0 Å². The van der Waals surface area contributed by atoms with Crippen molar-refractivity contribution in [2.24, 2.45) is 0 Å². The third-order valence-corrected chi connectivity index (χ3v) is 6.99. The highest BCUT2D eigenvalue weighted by Crippen LogP contribution is 2.39. The van der Waals surface area contributed by atoms with E-state index in [0.717, 1.165) is 28.6 Å². The molecular formula is C20H31NO2S2. The van der Waals surface area contributed by atoms with E-state index in [-0.39, 0.29) is 0 Å². The van der Waals surface area contributed by atoms with Gasteiger partial charge in [0.2, 0.25) is 5.79 Å². The van der Waals surface area contributed by atoms with Crippen LogP contribution in [0.4, 0.5) is 0 Å². The summed E-state index contributed by atoms with van der Waals surface area (Å²) in [5.74, 6) is 4.84. The van der Waals surface area contributed by atoms with Crippen molar-refractivity contribution in [3.05, 3.63) is 22.5 Å². The maximum atomic E-state index is 6.23. The van der Waals surface area contributed by atoms with Crippen LogP contribution >= 0.6 is 23.5 Å². The van der Waals surface area contributed by atoms with Crippen LogP contribution in [0.2, 0.25) is 0 Å². The summed E-state index contributed by atoms with van der Waals surface area (Å²) in [6.45, 7) is 6.77. The summed E-state index contributed by atoms with van der Waals surface area (Å²) in [5.41, 5.74) is 4.83. The van der Waals surface area contributed by atoms with Gasteiger partial charge in [-0.2, -0.15) is 23.5 Å². The minimum atomic E-state index is -0.561. The predicted octanol–water partition coefficient (Wildman–Crippen LogP) is 5.86. The molecule has 0 aromatic carbocycles. The largest absolute Gasteiger partial charge is 0.461 e. The lowest BCUT2D eigenvalue weighted by Gasteiger charge is -2.35. The zero-order valence-corrected chi connectivity index (χ0v) is 17.5. The van der Waals surface area contributed by atoms with Gasteiger partial charge in [0.05, 0.1) is 12.3 Å². The monoisotopic (exact) mass is 381 g/mol. The molecule has 3 nitrogen and oxygen atoms in total. The molecule has 0 unspecified atom stereocenters. The molecule has 5 heteroatoms. The van der Waals surface area contributed by atoms with Crippen molar-refractivity contribution in [2.75, 3.05) is 11.5 Å². The Kier molecular flexibility index (Phi) is 6.98. The fourth-order valence-corrected chi connectivity index (χ4v) is 5.47. The van der Waals surface area contributed by atoms with Crippen LogP contribution < -0.4 is 4.74 Å². The first-order chi connectivity index (χ1) is 12.1. The molecule has 25 heavy (non-hydrogen) atoms. The van der Waals surface area contributed by atoms with Gasteiger partial charge >= 0.3 is 0 Å². The molecule has 2 aliphatic rings. The van der Waals surface area contributed by atoms with Gasteiger partial charge in [0, 0.05) is 36.6 Å². The molecule has 0 saturated carbocycles. The fourth-order valence-electron chi connectivity index (χ4n) is 3.39. The highest BCUT2D eigenvalue weighted by atomic mass is 32.2. The minimum absolute atomic E-state index is 0.561. The Morgan fingerprint density at radius 2 is 1.52 bits per heavy atom. The predicted molar refractivity (Wildman–Crippen MR) is 108 cm³/mol. The third-order valence-electron chi connectivity index (χ3n) is 4.86. The lowest BCUT2D eigenvalue weighted by Crippen LogP contribution is -2.36. The van der Waals surface area contributed by atoms with E-state index in [1.807, 2.05) is 37.4 Å². The van der Waals surface area contributed by atoms with E-state index in [0.29, 0.717) is 6.61 Å². The molecule has 140 valence electrons. The van der Waals surface area contributed by atoms with E-state index >= 15 is 0 Å². The molecule has 1 aromatic heterocycles. The number of ether oxygens (including phenoxy) is 2. The lowest BCUT2D eigenvalue weighted by molar-refractivity contribution is -0.180. The molecule has 3 heterocycles.